The van der Waals surface area contributed by atoms with Crippen LogP contribution in [0, 0.1) is 6.92 Å². The summed E-state index contributed by atoms with van der Waals surface area (Å²) < 4.78 is 38.0. The summed E-state index contributed by atoms with van der Waals surface area (Å²) in [4.78, 5) is 25.0. The molecule has 2 N–H and O–H groups in total. The number of benzene rings is 2. The van der Waals surface area contributed by atoms with E-state index < -0.39 is 33.5 Å². The average molecular weight is 449 g/mol. The highest BCUT2D eigenvalue weighted by molar-refractivity contribution is 7.89. The molecule has 0 aliphatic heterocycles. The van der Waals surface area contributed by atoms with Crippen LogP contribution in [0.5, 0.6) is 5.75 Å². The predicted molar refractivity (Wildman–Crippen MR) is 118 cm³/mol. The van der Waals surface area contributed by atoms with E-state index in [0.717, 1.165) is 0 Å². The molecule has 2 aromatic carbocycles. The van der Waals surface area contributed by atoms with E-state index in [9.17, 15) is 18.0 Å². The van der Waals surface area contributed by atoms with Crippen molar-refractivity contribution in [3.63, 3.8) is 0 Å². The van der Waals surface area contributed by atoms with Gasteiger partial charge >= 0.3 is 5.97 Å². The fraction of sp³-hybridized carbons (Fsp3) is 0.364. The van der Waals surface area contributed by atoms with Gasteiger partial charge in [0.2, 0.25) is 10.0 Å². The maximum absolute atomic E-state index is 12.6. The molecule has 0 saturated heterocycles. The molecule has 31 heavy (non-hydrogen) atoms. The fourth-order valence-corrected chi connectivity index (χ4v) is 4.09. The van der Waals surface area contributed by atoms with Crippen molar-refractivity contribution in [2.75, 3.05) is 12.4 Å². The van der Waals surface area contributed by atoms with Crippen molar-refractivity contribution in [2.24, 2.45) is 0 Å². The maximum Gasteiger partial charge on any atom is 0.339 e. The van der Waals surface area contributed by atoms with E-state index in [2.05, 4.69) is 10.0 Å². The summed E-state index contributed by atoms with van der Waals surface area (Å²) in [6.45, 7) is 8.26. The minimum Gasteiger partial charge on any atom is -0.497 e. The summed E-state index contributed by atoms with van der Waals surface area (Å²) in [6.07, 6.45) is -1.10. The summed E-state index contributed by atoms with van der Waals surface area (Å²) in [5.41, 5.74) is 0.438. The number of rotatable bonds is 7. The van der Waals surface area contributed by atoms with Gasteiger partial charge in [-0.3, -0.25) is 4.79 Å². The Labute approximate surface area is 183 Å². The summed E-state index contributed by atoms with van der Waals surface area (Å²) in [6, 6.07) is 10.9. The Morgan fingerprint density at radius 3 is 2.19 bits per heavy atom. The molecule has 0 saturated carbocycles. The Morgan fingerprint density at radius 1 is 1.03 bits per heavy atom. The van der Waals surface area contributed by atoms with Crippen LogP contribution in [-0.4, -0.2) is 39.0 Å². The molecule has 0 bridgehead atoms. The number of methoxy groups -OCH3 is 1. The van der Waals surface area contributed by atoms with Crippen molar-refractivity contribution in [1.82, 2.24) is 4.72 Å². The summed E-state index contributed by atoms with van der Waals surface area (Å²) in [5, 5.41) is 2.65. The molecule has 1 amide bonds. The van der Waals surface area contributed by atoms with Crippen LogP contribution in [0.1, 0.15) is 43.6 Å². The average Bonchev–Trinajstić information content (AvgIpc) is 2.66. The lowest BCUT2D eigenvalue weighted by Crippen LogP contribution is -2.40. The highest BCUT2D eigenvalue weighted by Crippen LogP contribution is 2.20. The molecule has 0 aliphatic rings. The van der Waals surface area contributed by atoms with Gasteiger partial charge < -0.3 is 14.8 Å². The van der Waals surface area contributed by atoms with E-state index in [4.69, 9.17) is 9.47 Å². The van der Waals surface area contributed by atoms with Crippen molar-refractivity contribution < 1.29 is 27.5 Å². The molecule has 0 heterocycles. The first-order chi connectivity index (χ1) is 14.3. The van der Waals surface area contributed by atoms with Crippen LogP contribution in [0.15, 0.2) is 47.4 Å². The second-order valence-electron chi connectivity index (χ2n) is 8.10. The number of aryl methyl sites for hydroxylation is 1. The second kappa shape index (κ2) is 9.49. The van der Waals surface area contributed by atoms with Crippen molar-refractivity contribution in [1.29, 1.82) is 0 Å². The van der Waals surface area contributed by atoms with E-state index >= 15 is 0 Å². The molecule has 8 nitrogen and oxygen atoms in total. The highest BCUT2D eigenvalue weighted by Gasteiger charge is 2.25. The number of amides is 1. The zero-order valence-corrected chi connectivity index (χ0v) is 19.3. The number of sulfonamides is 1. The molecular weight excluding hydrogens is 420 g/mol. The lowest BCUT2D eigenvalue weighted by molar-refractivity contribution is -0.123. The molecule has 0 aromatic heterocycles. The largest absolute Gasteiger partial charge is 0.497 e. The van der Waals surface area contributed by atoms with E-state index in [1.54, 1.807) is 52.0 Å². The van der Waals surface area contributed by atoms with Gasteiger partial charge in [-0.1, -0.05) is 6.07 Å². The first-order valence-corrected chi connectivity index (χ1v) is 11.1. The Kier molecular flexibility index (Phi) is 7.45. The first-order valence-electron chi connectivity index (χ1n) is 9.63. The number of ether oxygens (including phenoxy) is 2. The zero-order chi connectivity index (χ0) is 23.4. The van der Waals surface area contributed by atoms with E-state index in [0.29, 0.717) is 17.0 Å². The smallest absolute Gasteiger partial charge is 0.339 e. The number of carbonyl (C=O) groups excluding carboxylic acids is 2. The van der Waals surface area contributed by atoms with E-state index in [1.807, 2.05) is 0 Å². The summed E-state index contributed by atoms with van der Waals surface area (Å²) in [7, 11) is -2.29. The number of esters is 1. The topological polar surface area (TPSA) is 111 Å². The van der Waals surface area contributed by atoms with Crippen molar-refractivity contribution in [2.45, 2.75) is 51.2 Å². The Morgan fingerprint density at radius 2 is 1.65 bits per heavy atom. The number of hydrogen-bond acceptors (Lipinski definition) is 6. The molecule has 0 fully saturated rings. The van der Waals surface area contributed by atoms with E-state index in [-0.39, 0.29) is 10.5 Å². The van der Waals surface area contributed by atoms with Crippen LogP contribution < -0.4 is 14.8 Å². The van der Waals surface area contributed by atoms with Gasteiger partial charge in [0.1, 0.15) is 5.75 Å². The van der Waals surface area contributed by atoms with Gasteiger partial charge in [0.25, 0.3) is 5.91 Å². The molecule has 0 aliphatic carbocycles. The van der Waals surface area contributed by atoms with Gasteiger partial charge in [-0.25, -0.2) is 17.9 Å². The van der Waals surface area contributed by atoms with Crippen LogP contribution in [0.4, 0.5) is 5.69 Å². The van der Waals surface area contributed by atoms with Crippen LogP contribution in [0.25, 0.3) is 0 Å². The molecule has 1 unspecified atom stereocenters. The second-order valence-corrected chi connectivity index (χ2v) is 9.78. The molecule has 168 valence electrons. The van der Waals surface area contributed by atoms with Crippen molar-refractivity contribution in [3.8, 4) is 5.75 Å². The normalized spacial score (nSPS) is 12.7. The van der Waals surface area contributed by atoms with Gasteiger partial charge in [-0.15, -0.1) is 0 Å². The molecule has 2 aromatic rings. The van der Waals surface area contributed by atoms with Crippen LogP contribution in [0.3, 0.4) is 0 Å². The molecule has 1 atom stereocenters. The van der Waals surface area contributed by atoms with Gasteiger partial charge in [-0.2, -0.15) is 0 Å². The van der Waals surface area contributed by atoms with Gasteiger partial charge in [-0.05, 0) is 76.6 Å². The van der Waals surface area contributed by atoms with Crippen LogP contribution in [-0.2, 0) is 19.6 Å². The summed E-state index contributed by atoms with van der Waals surface area (Å²) in [5.74, 6) is -0.666. The molecular formula is C22H28N2O6S. The monoisotopic (exact) mass is 448 g/mol. The standard InChI is InChI=1S/C22H28N2O6S/c1-14-7-12-18(31(27,28)24-22(3,4)5)13-19(14)21(26)30-15(2)20(25)23-16-8-10-17(29-6)11-9-16/h7-13,15,24H,1-6H3,(H,23,25). The van der Waals surface area contributed by atoms with Gasteiger partial charge in [0.15, 0.2) is 6.10 Å². The molecule has 0 spiro atoms. The third-order valence-corrected chi connectivity index (χ3v) is 5.95. The quantitative estimate of drug-likeness (QED) is 0.629. The molecule has 0 radical (unpaired) electrons. The maximum atomic E-state index is 12.6. The first kappa shape index (κ1) is 24.4. The minimum atomic E-state index is -3.83. The number of anilines is 1. The lowest BCUT2D eigenvalue weighted by atomic mass is 10.1. The minimum absolute atomic E-state index is 0.0599. The van der Waals surface area contributed by atoms with Crippen LogP contribution in [0.2, 0.25) is 0 Å². The molecule has 2 rings (SSSR count). The molecule has 9 heteroatoms. The van der Waals surface area contributed by atoms with Crippen molar-refractivity contribution in [3.05, 3.63) is 53.6 Å². The predicted octanol–water partition coefficient (Wildman–Crippen LogP) is 3.26. The zero-order valence-electron chi connectivity index (χ0n) is 18.5. The fourth-order valence-electron chi connectivity index (χ4n) is 2.65. The third kappa shape index (κ3) is 6.80. The van der Waals surface area contributed by atoms with Crippen LogP contribution >= 0.6 is 0 Å². The lowest BCUT2D eigenvalue weighted by Gasteiger charge is -2.21. The highest BCUT2D eigenvalue weighted by atomic mass is 32.2. The Balaban J connectivity index is 2.14. The summed E-state index contributed by atoms with van der Waals surface area (Å²) >= 11 is 0. The Hall–Kier alpha value is -2.91. The third-order valence-electron chi connectivity index (χ3n) is 4.19. The number of carbonyl (C=O) groups is 2. The van der Waals surface area contributed by atoms with Gasteiger partial charge in [0, 0.05) is 11.2 Å². The SMILES string of the molecule is COc1ccc(NC(=O)C(C)OC(=O)c2cc(S(=O)(=O)NC(C)(C)C)ccc2C)cc1. The number of hydrogen-bond donors (Lipinski definition) is 2. The Bertz CT molecular complexity index is 1060. The van der Waals surface area contributed by atoms with Crippen molar-refractivity contribution >= 4 is 27.6 Å². The number of nitrogens with one attached hydrogen (secondary N) is 2. The van der Waals surface area contributed by atoms with Gasteiger partial charge in [0.05, 0.1) is 17.6 Å². The van der Waals surface area contributed by atoms with E-state index in [1.165, 1.54) is 32.2 Å².